The van der Waals surface area contributed by atoms with Crippen LogP contribution in [0.4, 0.5) is 5.82 Å². The molecular weight excluding hydrogens is 332 g/mol. The molecule has 0 aromatic carbocycles. The van der Waals surface area contributed by atoms with Gasteiger partial charge in [0.1, 0.15) is 5.82 Å². The standard InChI is InChI=1S/C19H28N4O3/c24-17(25)13-23-11-7-15(8-12-23)19(26)21-10-2-4-16-6-5-14-3-1-9-20-18(14)22-16/h5-6,15H,1-4,7-13H2,(H,20,22)(H,21,26)(H,24,25). The lowest BCUT2D eigenvalue weighted by molar-refractivity contribution is -0.138. The molecule has 0 unspecified atom stereocenters. The molecular formula is C19H28N4O3. The molecule has 0 radical (unpaired) electrons. The predicted molar refractivity (Wildman–Crippen MR) is 99.2 cm³/mol. The van der Waals surface area contributed by atoms with Crippen LogP contribution in [0.25, 0.3) is 0 Å². The predicted octanol–water partition coefficient (Wildman–Crippen LogP) is 1.29. The van der Waals surface area contributed by atoms with Crippen molar-refractivity contribution in [1.82, 2.24) is 15.2 Å². The molecule has 0 saturated carbocycles. The third-order valence-electron chi connectivity index (χ3n) is 5.18. The van der Waals surface area contributed by atoms with Gasteiger partial charge in [0.25, 0.3) is 0 Å². The van der Waals surface area contributed by atoms with Gasteiger partial charge in [0.15, 0.2) is 0 Å². The Morgan fingerprint density at radius 1 is 1.31 bits per heavy atom. The summed E-state index contributed by atoms with van der Waals surface area (Å²) in [5.41, 5.74) is 2.36. The van der Waals surface area contributed by atoms with Crippen molar-refractivity contribution in [2.24, 2.45) is 5.92 Å². The quantitative estimate of drug-likeness (QED) is 0.634. The van der Waals surface area contributed by atoms with Crippen LogP contribution in [-0.2, 0) is 22.4 Å². The average Bonchev–Trinajstić information content (AvgIpc) is 2.65. The number of anilines is 1. The van der Waals surface area contributed by atoms with Gasteiger partial charge in [-0.25, -0.2) is 4.98 Å². The Labute approximate surface area is 154 Å². The third kappa shape index (κ3) is 5.17. The Morgan fingerprint density at radius 2 is 2.12 bits per heavy atom. The first-order valence-electron chi connectivity index (χ1n) is 9.56. The topological polar surface area (TPSA) is 94.6 Å². The number of hydrogen-bond acceptors (Lipinski definition) is 5. The molecule has 0 spiro atoms. The van der Waals surface area contributed by atoms with E-state index >= 15 is 0 Å². The number of nitrogens with one attached hydrogen (secondary N) is 2. The van der Waals surface area contributed by atoms with E-state index in [0.29, 0.717) is 19.6 Å². The summed E-state index contributed by atoms with van der Waals surface area (Å²) in [5.74, 6) is 0.316. The first-order chi connectivity index (χ1) is 12.6. The van der Waals surface area contributed by atoms with E-state index in [0.717, 1.165) is 56.6 Å². The maximum absolute atomic E-state index is 12.3. The fourth-order valence-electron chi connectivity index (χ4n) is 3.68. The number of fused-ring (bicyclic) bond motifs is 1. The van der Waals surface area contributed by atoms with Gasteiger partial charge in [0, 0.05) is 24.7 Å². The summed E-state index contributed by atoms with van der Waals surface area (Å²) < 4.78 is 0. The first kappa shape index (κ1) is 18.6. The molecule has 1 fully saturated rings. The summed E-state index contributed by atoms with van der Waals surface area (Å²) >= 11 is 0. The van der Waals surface area contributed by atoms with Crippen LogP contribution in [0.3, 0.4) is 0 Å². The number of carboxylic acids is 1. The van der Waals surface area contributed by atoms with Crippen LogP contribution in [0.5, 0.6) is 0 Å². The summed E-state index contributed by atoms with van der Waals surface area (Å²) in [6, 6.07) is 4.25. The lowest BCUT2D eigenvalue weighted by Gasteiger charge is -2.29. The Kier molecular flexibility index (Phi) is 6.44. The lowest BCUT2D eigenvalue weighted by Crippen LogP contribution is -2.42. The summed E-state index contributed by atoms with van der Waals surface area (Å²) in [7, 11) is 0. The van der Waals surface area contributed by atoms with E-state index in [1.165, 1.54) is 5.56 Å². The molecule has 3 rings (SSSR count). The number of carboxylic acid groups (broad SMARTS) is 1. The number of rotatable bonds is 7. The molecule has 1 saturated heterocycles. The van der Waals surface area contributed by atoms with Crippen molar-refractivity contribution in [3.05, 3.63) is 23.4 Å². The number of pyridine rings is 1. The lowest BCUT2D eigenvalue weighted by atomic mass is 9.96. The zero-order chi connectivity index (χ0) is 18.4. The Hall–Kier alpha value is -2.15. The van der Waals surface area contributed by atoms with E-state index in [-0.39, 0.29) is 18.4 Å². The van der Waals surface area contributed by atoms with Crippen molar-refractivity contribution in [3.8, 4) is 0 Å². The number of aryl methyl sites for hydroxylation is 2. The van der Waals surface area contributed by atoms with Gasteiger partial charge in [0.2, 0.25) is 5.91 Å². The van der Waals surface area contributed by atoms with Gasteiger partial charge in [0.05, 0.1) is 6.54 Å². The van der Waals surface area contributed by atoms with Gasteiger partial charge in [-0.05, 0) is 63.2 Å². The highest BCUT2D eigenvalue weighted by Crippen LogP contribution is 2.20. The van der Waals surface area contributed by atoms with Gasteiger partial charge >= 0.3 is 5.97 Å². The van der Waals surface area contributed by atoms with Gasteiger partial charge in [-0.15, -0.1) is 0 Å². The van der Waals surface area contributed by atoms with Crippen LogP contribution in [0.15, 0.2) is 12.1 Å². The second kappa shape index (κ2) is 8.98. The zero-order valence-electron chi connectivity index (χ0n) is 15.2. The van der Waals surface area contributed by atoms with E-state index in [1.807, 2.05) is 4.90 Å². The highest BCUT2D eigenvalue weighted by molar-refractivity contribution is 5.78. The van der Waals surface area contributed by atoms with E-state index in [2.05, 4.69) is 27.8 Å². The van der Waals surface area contributed by atoms with Crippen LogP contribution in [0.1, 0.15) is 36.9 Å². The van der Waals surface area contributed by atoms with Crippen LogP contribution < -0.4 is 10.6 Å². The number of aromatic nitrogens is 1. The van der Waals surface area contributed by atoms with Crippen LogP contribution in [0, 0.1) is 5.92 Å². The highest BCUT2D eigenvalue weighted by atomic mass is 16.4. The number of likely N-dealkylation sites (tertiary alicyclic amines) is 1. The van der Waals surface area contributed by atoms with Crippen LogP contribution in [0.2, 0.25) is 0 Å². The molecule has 3 heterocycles. The summed E-state index contributed by atoms with van der Waals surface area (Å²) in [5, 5.41) is 15.2. The second-order valence-electron chi connectivity index (χ2n) is 7.18. The van der Waals surface area contributed by atoms with E-state index < -0.39 is 5.97 Å². The van der Waals surface area contributed by atoms with E-state index in [4.69, 9.17) is 5.11 Å². The monoisotopic (exact) mass is 360 g/mol. The number of carbonyl (C=O) groups is 2. The average molecular weight is 360 g/mol. The number of aliphatic carboxylic acids is 1. The molecule has 2 aliphatic heterocycles. The molecule has 2 aliphatic rings. The van der Waals surface area contributed by atoms with Gasteiger partial charge in [-0.1, -0.05) is 6.07 Å². The second-order valence-corrected chi connectivity index (χ2v) is 7.18. The number of hydrogen-bond donors (Lipinski definition) is 3. The first-order valence-corrected chi connectivity index (χ1v) is 9.56. The van der Waals surface area contributed by atoms with E-state index in [1.54, 1.807) is 0 Å². The van der Waals surface area contributed by atoms with Gasteiger partial charge < -0.3 is 15.7 Å². The number of amides is 1. The molecule has 7 heteroatoms. The molecule has 7 nitrogen and oxygen atoms in total. The maximum atomic E-state index is 12.3. The number of piperidine rings is 1. The Balaban J connectivity index is 1.35. The molecule has 3 N–H and O–H groups in total. The number of carbonyl (C=O) groups excluding carboxylic acids is 1. The largest absolute Gasteiger partial charge is 0.480 e. The smallest absolute Gasteiger partial charge is 0.317 e. The van der Waals surface area contributed by atoms with Crippen molar-refractivity contribution in [2.45, 2.75) is 38.5 Å². The zero-order valence-corrected chi connectivity index (χ0v) is 15.2. The molecule has 26 heavy (non-hydrogen) atoms. The molecule has 0 aliphatic carbocycles. The molecule has 1 aromatic heterocycles. The van der Waals surface area contributed by atoms with Crippen molar-refractivity contribution < 1.29 is 14.7 Å². The van der Waals surface area contributed by atoms with Crippen molar-refractivity contribution in [1.29, 1.82) is 0 Å². The van der Waals surface area contributed by atoms with Gasteiger partial charge in [-0.2, -0.15) is 0 Å². The minimum absolute atomic E-state index is 0.00566. The van der Waals surface area contributed by atoms with Crippen molar-refractivity contribution in [2.75, 3.05) is 38.0 Å². The fourth-order valence-corrected chi connectivity index (χ4v) is 3.68. The third-order valence-corrected chi connectivity index (χ3v) is 5.18. The summed E-state index contributed by atoms with van der Waals surface area (Å²) in [6.07, 6.45) is 5.45. The number of nitrogens with zero attached hydrogens (tertiary/aromatic N) is 2. The minimum Gasteiger partial charge on any atom is -0.480 e. The SMILES string of the molecule is O=C(O)CN1CCC(C(=O)NCCCc2ccc3c(n2)NCCC3)CC1. The van der Waals surface area contributed by atoms with Crippen LogP contribution >= 0.6 is 0 Å². The molecule has 142 valence electrons. The van der Waals surface area contributed by atoms with Crippen LogP contribution in [-0.4, -0.2) is 59.6 Å². The molecule has 1 amide bonds. The Morgan fingerprint density at radius 3 is 2.88 bits per heavy atom. The fraction of sp³-hybridized carbons (Fsp3) is 0.632. The molecule has 0 bridgehead atoms. The van der Waals surface area contributed by atoms with E-state index in [9.17, 15) is 9.59 Å². The summed E-state index contributed by atoms with van der Waals surface area (Å²) in [6.45, 7) is 3.06. The van der Waals surface area contributed by atoms with Crippen molar-refractivity contribution >= 4 is 17.7 Å². The molecule has 0 atom stereocenters. The van der Waals surface area contributed by atoms with Crippen molar-refractivity contribution in [3.63, 3.8) is 0 Å². The molecule has 1 aromatic rings. The Bertz CT molecular complexity index is 642. The highest BCUT2D eigenvalue weighted by Gasteiger charge is 2.25. The van der Waals surface area contributed by atoms with Gasteiger partial charge in [-0.3, -0.25) is 14.5 Å². The normalized spacial score (nSPS) is 18.0. The maximum Gasteiger partial charge on any atom is 0.317 e. The summed E-state index contributed by atoms with van der Waals surface area (Å²) in [4.78, 5) is 29.5. The minimum atomic E-state index is -0.807.